The van der Waals surface area contributed by atoms with Crippen LogP contribution in [0.25, 0.3) is 10.8 Å². The minimum atomic E-state index is -0.735. The maximum atomic E-state index is 12.0. The summed E-state index contributed by atoms with van der Waals surface area (Å²) in [6.07, 6.45) is 0.460. The van der Waals surface area contributed by atoms with Gasteiger partial charge in [-0.05, 0) is 43.3 Å². The zero-order valence-corrected chi connectivity index (χ0v) is 21.9. The van der Waals surface area contributed by atoms with Crippen molar-refractivity contribution in [1.29, 1.82) is 0 Å². The number of methoxy groups -OCH3 is 2. The van der Waals surface area contributed by atoms with E-state index in [1.54, 1.807) is 25.4 Å². The van der Waals surface area contributed by atoms with Crippen LogP contribution in [0.3, 0.4) is 0 Å². The first-order valence-electron chi connectivity index (χ1n) is 12.0. The molecule has 0 unspecified atom stereocenters. The molecule has 2 fully saturated rings. The molecule has 2 aliphatic heterocycles. The third-order valence-corrected chi connectivity index (χ3v) is 7.85. The molecule has 0 aromatic heterocycles. The molecule has 2 saturated heterocycles. The van der Waals surface area contributed by atoms with Crippen LogP contribution in [-0.4, -0.2) is 102 Å². The summed E-state index contributed by atoms with van der Waals surface area (Å²) < 4.78 is 9.44. The number of benzene rings is 2. The van der Waals surface area contributed by atoms with Gasteiger partial charge in [-0.1, -0.05) is 36.4 Å². The second kappa shape index (κ2) is 12.9. The Morgan fingerprint density at radius 3 is 2.06 bits per heavy atom. The van der Waals surface area contributed by atoms with Crippen LogP contribution >= 0.6 is 11.8 Å². The first-order valence-corrected chi connectivity index (χ1v) is 12.9. The molecule has 0 amide bonds. The molecule has 3 N–H and O–H groups in total. The number of hydrogen-bond acceptors (Lipinski definition) is 10. The number of aliphatic hydroxyl groups is 1. The van der Waals surface area contributed by atoms with Crippen molar-refractivity contribution in [2.75, 3.05) is 27.3 Å². The van der Waals surface area contributed by atoms with Gasteiger partial charge in [0.05, 0.1) is 20.3 Å². The van der Waals surface area contributed by atoms with E-state index in [0.29, 0.717) is 25.9 Å². The highest BCUT2D eigenvalue weighted by Crippen LogP contribution is 2.37. The van der Waals surface area contributed by atoms with Crippen molar-refractivity contribution >= 4 is 48.6 Å². The van der Waals surface area contributed by atoms with Crippen molar-refractivity contribution in [2.24, 2.45) is 0 Å². The monoisotopic (exact) mass is 516 g/mol. The van der Waals surface area contributed by atoms with Crippen molar-refractivity contribution in [1.82, 2.24) is 9.62 Å². The van der Waals surface area contributed by atoms with Gasteiger partial charge in [0.15, 0.2) is 0 Å². The molecule has 194 valence electrons. The molecular formula is C24H34B2N2O7S. The minimum absolute atomic E-state index is 0.250. The first-order chi connectivity index (χ1) is 17.2. The molecule has 9 nitrogen and oxygen atoms in total. The van der Waals surface area contributed by atoms with Crippen LogP contribution in [0.2, 0.25) is 13.6 Å². The van der Waals surface area contributed by atoms with E-state index < -0.39 is 32.2 Å². The second-order valence-corrected chi connectivity index (χ2v) is 10.4. The molecule has 2 aliphatic rings. The summed E-state index contributed by atoms with van der Waals surface area (Å²) in [5, 5.41) is 31.2. The van der Waals surface area contributed by atoms with Gasteiger partial charge in [-0.2, -0.15) is 0 Å². The number of carbonyl (C=O) groups excluding carboxylic acids is 2. The standard InChI is InChI=1S/C17H20BNO3S.C7H14BNO4/c1-18(21)19-11-13(10-15(19)17(20)22-2)23-16-9-5-7-12-6-3-4-8-14(12)16;1-8(12)9-4-5(10)3-6(9)7(11)13-2/h3-9,13,15,21H,10-11H2,1-2H3;5-6,10,12H,3-4H2,1-2H3/t13-,15+;5-,6-/m10/s1. The van der Waals surface area contributed by atoms with Crippen LogP contribution in [0.15, 0.2) is 47.4 Å². The molecule has 4 atom stereocenters. The summed E-state index contributed by atoms with van der Waals surface area (Å²) in [5.41, 5.74) is 0. The Hall–Kier alpha value is -2.08. The predicted molar refractivity (Wildman–Crippen MR) is 142 cm³/mol. The van der Waals surface area contributed by atoms with Crippen LogP contribution in [0.1, 0.15) is 12.8 Å². The zero-order valence-electron chi connectivity index (χ0n) is 21.1. The van der Waals surface area contributed by atoms with Gasteiger partial charge in [0.1, 0.15) is 12.1 Å². The van der Waals surface area contributed by atoms with E-state index in [2.05, 4.69) is 35.1 Å². The van der Waals surface area contributed by atoms with Crippen LogP contribution in [0, 0.1) is 0 Å². The van der Waals surface area contributed by atoms with E-state index >= 15 is 0 Å². The number of aliphatic hydroxyl groups excluding tert-OH is 1. The molecule has 0 radical (unpaired) electrons. The number of hydrogen-bond donors (Lipinski definition) is 3. The van der Waals surface area contributed by atoms with Gasteiger partial charge >= 0.3 is 26.0 Å². The fraction of sp³-hybridized carbons (Fsp3) is 0.500. The van der Waals surface area contributed by atoms with E-state index in [-0.39, 0.29) is 17.3 Å². The number of rotatable bonds is 6. The number of ether oxygens (including phenoxy) is 2. The summed E-state index contributed by atoms with van der Waals surface area (Å²) in [4.78, 5) is 27.7. The number of thioether (sulfide) groups is 1. The van der Waals surface area contributed by atoms with E-state index in [1.807, 2.05) is 16.9 Å². The Kier molecular flexibility index (Phi) is 10.2. The molecule has 12 heteroatoms. The normalized spacial score (nSPS) is 24.2. The summed E-state index contributed by atoms with van der Waals surface area (Å²) in [6, 6.07) is 13.7. The van der Waals surface area contributed by atoms with Crippen molar-refractivity contribution in [3.63, 3.8) is 0 Å². The fourth-order valence-electron chi connectivity index (χ4n) is 4.78. The van der Waals surface area contributed by atoms with E-state index in [0.717, 1.165) is 0 Å². The molecule has 0 bridgehead atoms. The number of esters is 2. The van der Waals surface area contributed by atoms with Gasteiger partial charge in [-0.3, -0.25) is 9.59 Å². The molecule has 2 heterocycles. The Bertz CT molecular complexity index is 1040. The lowest BCUT2D eigenvalue weighted by atomic mass is 9.84. The fourth-order valence-corrected chi connectivity index (χ4v) is 6.14. The van der Waals surface area contributed by atoms with Crippen molar-refractivity contribution in [3.8, 4) is 0 Å². The SMILES string of the molecule is COC(=O)[C@@H]1C[C@@H](Sc2cccc3ccccc23)CN1B(C)O.COC(=O)[C@@H]1C[C@H](O)CN1B(C)O. The molecule has 0 saturated carbocycles. The summed E-state index contributed by atoms with van der Waals surface area (Å²) in [5.74, 6) is -0.677. The molecular weight excluding hydrogens is 482 g/mol. The van der Waals surface area contributed by atoms with Gasteiger partial charge in [0, 0.05) is 23.2 Å². The Labute approximate surface area is 217 Å². The highest BCUT2D eigenvalue weighted by Gasteiger charge is 2.41. The van der Waals surface area contributed by atoms with E-state index in [4.69, 9.17) is 4.74 Å². The Morgan fingerprint density at radius 2 is 1.44 bits per heavy atom. The van der Waals surface area contributed by atoms with Crippen LogP contribution < -0.4 is 0 Å². The number of fused-ring (bicyclic) bond motifs is 1. The lowest BCUT2D eigenvalue weighted by Crippen LogP contribution is -2.45. The third kappa shape index (κ3) is 6.81. The topological polar surface area (TPSA) is 120 Å². The van der Waals surface area contributed by atoms with Gasteiger partial charge in [0.25, 0.3) is 0 Å². The van der Waals surface area contributed by atoms with E-state index in [9.17, 15) is 24.7 Å². The average molecular weight is 516 g/mol. The second-order valence-electron chi connectivity index (χ2n) is 9.08. The van der Waals surface area contributed by atoms with Crippen molar-refractivity contribution in [2.45, 2.75) is 54.8 Å². The maximum Gasteiger partial charge on any atom is 0.377 e. The molecule has 0 aliphatic carbocycles. The zero-order chi connectivity index (χ0) is 26.4. The maximum absolute atomic E-state index is 12.0. The molecule has 36 heavy (non-hydrogen) atoms. The molecule has 0 spiro atoms. The molecule has 2 aromatic carbocycles. The summed E-state index contributed by atoms with van der Waals surface area (Å²) in [7, 11) is 1.31. The summed E-state index contributed by atoms with van der Waals surface area (Å²) in [6.45, 7) is 4.25. The predicted octanol–water partition coefficient (Wildman–Crippen LogP) is 1.36. The largest absolute Gasteiger partial charge is 0.468 e. The van der Waals surface area contributed by atoms with Gasteiger partial charge in [0.2, 0.25) is 0 Å². The van der Waals surface area contributed by atoms with Crippen molar-refractivity contribution in [3.05, 3.63) is 42.5 Å². The van der Waals surface area contributed by atoms with Gasteiger partial charge < -0.3 is 34.3 Å². The first kappa shape index (κ1) is 28.5. The Morgan fingerprint density at radius 1 is 0.889 bits per heavy atom. The minimum Gasteiger partial charge on any atom is -0.468 e. The average Bonchev–Trinajstić information content (AvgIpc) is 3.48. The summed E-state index contributed by atoms with van der Waals surface area (Å²) >= 11 is 1.77. The van der Waals surface area contributed by atoms with Gasteiger partial charge in [-0.25, -0.2) is 0 Å². The quantitative estimate of drug-likeness (QED) is 0.384. The van der Waals surface area contributed by atoms with Crippen molar-refractivity contribution < 1.29 is 34.2 Å². The van der Waals surface area contributed by atoms with Crippen LogP contribution in [-0.2, 0) is 19.1 Å². The lowest BCUT2D eigenvalue weighted by molar-refractivity contribution is -0.145. The smallest absolute Gasteiger partial charge is 0.377 e. The third-order valence-electron chi connectivity index (χ3n) is 6.57. The molecule has 2 aromatic rings. The number of carbonyl (C=O) groups is 2. The molecule has 4 rings (SSSR count). The van der Waals surface area contributed by atoms with Crippen LogP contribution in [0.5, 0.6) is 0 Å². The number of nitrogens with zero attached hydrogens (tertiary/aromatic N) is 2. The lowest BCUT2D eigenvalue weighted by Gasteiger charge is -2.22. The Balaban J connectivity index is 0.000000236. The van der Waals surface area contributed by atoms with Crippen LogP contribution in [0.4, 0.5) is 0 Å². The highest BCUT2D eigenvalue weighted by atomic mass is 32.2. The number of β-amino-alcohol motifs (C(OH)–C–C–N with tert-alkyl or cyclic N) is 1. The van der Waals surface area contributed by atoms with Gasteiger partial charge in [-0.15, -0.1) is 11.8 Å². The van der Waals surface area contributed by atoms with E-state index in [1.165, 1.54) is 34.7 Å². The highest BCUT2D eigenvalue weighted by molar-refractivity contribution is 8.00.